The van der Waals surface area contributed by atoms with Crippen LogP contribution in [0, 0.1) is 5.82 Å². The van der Waals surface area contributed by atoms with Crippen LogP contribution in [0.25, 0.3) is 0 Å². The summed E-state index contributed by atoms with van der Waals surface area (Å²) in [7, 11) is 3.05. The molecule has 17 heavy (non-hydrogen) atoms. The molecule has 5 heteroatoms. The molecular formula is C12H16FNO3. The third-order valence-corrected chi connectivity index (χ3v) is 2.28. The fourth-order valence-corrected chi connectivity index (χ4v) is 1.46. The van der Waals surface area contributed by atoms with Gasteiger partial charge in [0.1, 0.15) is 5.82 Å². The van der Waals surface area contributed by atoms with E-state index >= 15 is 0 Å². The van der Waals surface area contributed by atoms with Crippen molar-refractivity contribution in [2.75, 3.05) is 27.3 Å². The molecule has 1 aromatic rings. The summed E-state index contributed by atoms with van der Waals surface area (Å²) < 4.78 is 17.4. The van der Waals surface area contributed by atoms with E-state index in [9.17, 15) is 14.3 Å². The molecule has 1 unspecified atom stereocenters. The van der Waals surface area contributed by atoms with Gasteiger partial charge < -0.3 is 14.7 Å². The predicted octanol–water partition coefficient (Wildman–Crippen LogP) is 0.905. The van der Waals surface area contributed by atoms with Gasteiger partial charge in [-0.05, 0) is 24.3 Å². The maximum absolute atomic E-state index is 12.7. The Morgan fingerprint density at radius 3 is 2.59 bits per heavy atom. The molecule has 4 nitrogen and oxygen atoms in total. The second-order valence-corrected chi connectivity index (χ2v) is 3.80. The van der Waals surface area contributed by atoms with Gasteiger partial charge in [-0.15, -0.1) is 0 Å². The van der Waals surface area contributed by atoms with Crippen LogP contribution in [0.15, 0.2) is 24.3 Å². The number of aliphatic hydroxyl groups excluding tert-OH is 1. The molecule has 0 aromatic heterocycles. The summed E-state index contributed by atoms with van der Waals surface area (Å²) in [5.74, 6) is -0.649. The quantitative estimate of drug-likeness (QED) is 0.833. The lowest BCUT2D eigenvalue weighted by atomic mass is 10.2. The average molecular weight is 241 g/mol. The second-order valence-electron chi connectivity index (χ2n) is 3.80. The maximum atomic E-state index is 12.7. The van der Waals surface area contributed by atoms with Crippen molar-refractivity contribution in [3.05, 3.63) is 35.6 Å². The van der Waals surface area contributed by atoms with Crippen LogP contribution in [0.4, 0.5) is 4.39 Å². The highest BCUT2D eigenvalue weighted by Crippen LogP contribution is 2.06. The highest BCUT2D eigenvalue weighted by molar-refractivity contribution is 5.94. The number of amides is 1. The zero-order valence-electron chi connectivity index (χ0n) is 9.89. The van der Waals surface area contributed by atoms with Crippen LogP contribution in [-0.2, 0) is 4.74 Å². The number of carbonyl (C=O) groups is 1. The number of aliphatic hydroxyl groups is 1. The normalized spacial score (nSPS) is 12.2. The van der Waals surface area contributed by atoms with Gasteiger partial charge >= 0.3 is 0 Å². The molecule has 1 aromatic carbocycles. The molecule has 94 valence electrons. The van der Waals surface area contributed by atoms with Crippen LogP contribution >= 0.6 is 0 Å². The van der Waals surface area contributed by atoms with Gasteiger partial charge in [0, 0.05) is 26.3 Å². The number of halogens is 1. The Kier molecular flexibility index (Phi) is 5.06. The molecule has 0 aliphatic carbocycles. The van der Waals surface area contributed by atoms with Gasteiger partial charge in [0.05, 0.1) is 12.7 Å². The summed E-state index contributed by atoms with van der Waals surface area (Å²) in [6.07, 6.45) is -0.727. The van der Waals surface area contributed by atoms with Gasteiger partial charge in [-0.1, -0.05) is 0 Å². The Balaban J connectivity index is 2.60. The molecule has 0 aliphatic rings. The van der Waals surface area contributed by atoms with Gasteiger partial charge in [0.15, 0.2) is 0 Å². The first kappa shape index (κ1) is 13.6. The molecule has 0 bridgehead atoms. The Morgan fingerprint density at radius 2 is 2.06 bits per heavy atom. The summed E-state index contributed by atoms with van der Waals surface area (Å²) in [5.41, 5.74) is 0.388. The Labute approximate surface area is 99.6 Å². The second kappa shape index (κ2) is 6.32. The van der Waals surface area contributed by atoms with Gasteiger partial charge in [-0.2, -0.15) is 0 Å². The minimum Gasteiger partial charge on any atom is -0.389 e. The first-order valence-electron chi connectivity index (χ1n) is 5.22. The van der Waals surface area contributed by atoms with Crippen LogP contribution in [0.3, 0.4) is 0 Å². The molecule has 0 heterocycles. The summed E-state index contributed by atoms with van der Waals surface area (Å²) in [4.78, 5) is 13.2. The number of benzene rings is 1. The number of carbonyl (C=O) groups excluding carboxylic acids is 1. The van der Waals surface area contributed by atoms with Gasteiger partial charge in [0.25, 0.3) is 5.91 Å². The summed E-state index contributed by atoms with van der Waals surface area (Å²) in [6.45, 7) is 0.338. The number of ether oxygens (including phenoxy) is 1. The first-order valence-corrected chi connectivity index (χ1v) is 5.22. The number of nitrogens with zero attached hydrogens (tertiary/aromatic N) is 1. The van der Waals surface area contributed by atoms with Crippen molar-refractivity contribution < 1.29 is 19.0 Å². The zero-order chi connectivity index (χ0) is 12.8. The van der Waals surface area contributed by atoms with Crippen LogP contribution < -0.4 is 0 Å². The van der Waals surface area contributed by atoms with Crippen molar-refractivity contribution in [2.24, 2.45) is 0 Å². The fourth-order valence-electron chi connectivity index (χ4n) is 1.46. The molecule has 0 saturated heterocycles. The van der Waals surface area contributed by atoms with Crippen molar-refractivity contribution in [1.29, 1.82) is 0 Å². The van der Waals surface area contributed by atoms with Crippen molar-refractivity contribution in [3.8, 4) is 0 Å². The number of hydrogen-bond acceptors (Lipinski definition) is 3. The Morgan fingerprint density at radius 1 is 1.47 bits per heavy atom. The lowest BCUT2D eigenvalue weighted by Gasteiger charge is -2.20. The lowest BCUT2D eigenvalue weighted by molar-refractivity contribution is 0.0380. The van der Waals surface area contributed by atoms with Crippen molar-refractivity contribution in [1.82, 2.24) is 4.90 Å². The lowest BCUT2D eigenvalue weighted by Crippen LogP contribution is -2.36. The fraction of sp³-hybridized carbons (Fsp3) is 0.417. The summed E-state index contributed by atoms with van der Waals surface area (Å²) in [6, 6.07) is 5.28. The largest absolute Gasteiger partial charge is 0.389 e. The minimum absolute atomic E-state index is 0.168. The minimum atomic E-state index is -0.727. The van der Waals surface area contributed by atoms with E-state index in [1.54, 1.807) is 7.05 Å². The molecule has 1 rings (SSSR count). The third kappa shape index (κ3) is 4.13. The third-order valence-electron chi connectivity index (χ3n) is 2.28. The average Bonchev–Trinajstić information content (AvgIpc) is 2.29. The molecule has 0 aliphatic heterocycles. The highest BCUT2D eigenvalue weighted by Gasteiger charge is 2.15. The van der Waals surface area contributed by atoms with E-state index in [0.717, 1.165) is 0 Å². The number of hydrogen-bond donors (Lipinski definition) is 1. The topological polar surface area (TPSA) is 49.8 Å². The van der Waals surface area contributed by atoms with Crippen molar-refractivity contribution >= 4 is 5.91 Å². The van der Waals surface area contributed by atoms with Gasteiger partial charge in [0.2, 0.25) is 0 Å². The molecule has 0 saturated carbocycles. The molecule has 1 N–H and O–H groups in total. The van der Waals surface area contributed by atoms with E-state index in [0.29, 0.717) is 5.56 Å². The van der Waals surface area contributed by atoms with Crippen LogP contribution in [-0.4, -0.2) is 49.3 Å². The number of rotatable bonds is 5. The highest BCUT2D eigenvalue weighted by atomic mass is 19.1. The predicted molar refractivity (Wildman–Crippen MR) is 61.2 cm³/mol. The van der Waals surface area contributed by atoms with E-state index < -0.39 is 6.10 Å². The standard InChI is InChI=1S/C12H16FNO3/c1-14(7-11(15)8-17-2)12(16)9-3-5-10(13)6-4-9/h3-6,11,15H,7-8H2,1-2H3. The van der Waals surface area contributed by atoms with E-state index in [-0.39, 0.29) is 24.9 Å². The zero-order valence-corrected chi connectivity index (χ0v) is 9.89. The summed E-state index contributed by atoms with van der Waals surface area (Å²) in [5, 5.41) is 9.48. The number of methoxy groups -OCH3 is 1. The molecule has 1 amide bonds. The SMILES string of the molecule is COCC(O)CN(C)C(=O)c1ccc(F)cc1. The smallest absolute Gasteiger partial charge is 0.253 e. The van der Waals surface area contributed by atoms with Gasteiger partial charge in [-0.3, -0.25) is 4.79 Å². The molecule has 0 spiro atoms. The van der Waals surface area contributed by atoms with Crippen LogP contribution in [0.2, 0.25) is 0 Å². The van der Waals surface area contributed by atoms with Crippen molar-refractivity contribution in [2.45, 2.75) is 6.10 Å². The first-order chi connectivity index (χ1) is 8.04. The van der Waals surface area contributed by atoms with Crippen molar-refractivity contribution in [3.63, 3.8) is 0 Å². The Hall–Kier alpha value is -1.46. The molecule has 0 fully saturated rings. The van der Waals surface area contributed by atoms with E-state index in [2.05, 4.69) is 0 Å². The van der Waals surface area contributed by atoms with Crippen LogP contribution in [0.5, 0.6) is 0 Å². The number of likely N-dealkylation sites (N-methyl/N-ethyl adjacent to an activating group) is 1. The molecule has 0 radical (unpaired) electrons. The van der Waals surface area contributed by atoms with E-state index in [4.69, 9.17) is 4.74 Å². The Bertz CT molecular complexity index is 367. The van der Waals surface area contributed by atoms with E-state index in [1.165, 1.54) is 36.3 Å². The molecular weight excluding hydrogens is 225 g/mol. The van der Waals surface area contributed by atoms with Gasteiger partial charge in [-0.25, -0.2) is 4.39 Å². The maximum Gasteiger partial charge on any atom is 0.253 e. The van der Waals surface area contributed by atoms with E-state index in [1.807, 2.05) is 0 Å². The van der Waals surface area contributed by atoms with Crippen LogP contribution in [0.1, 0.15) is 10.4 Å². The molecule has 1 atom stereocenters. The monoisotopic (exact) mass is 241 g/mol. The summed E-state index contributed by atoms with van der Waals surface area (Å²) >= 11 is 0.